The van der Waals surface area contributed by atoms with Gasteiger partial charge in [0.2, 0.25) is 0 Å². The van der Waals surface area contributed by atoms with Crippen molar-refractivity contribution in [1.82, 2.24) is 0 Å². The largest absolute Gasteiger partial charge is 0.469 e. The van der Waals surface area contributed by atoms with Gasteiger partial charge >= 0.3 is 19.8 Å². The minimum Gasteiger partial charge on any atom is -0.462 e. The number of carbonyl (C=O) groups is 2. The Balaban J connectivity index is 3.47. The van der Waals surface area contributed by atoms with E-state index >= 15 is 0 Å². The lowest BCUT2D eigenvalue weighted by Gasteiger charge is -2.17. The molecule has 0 spiro atoms. The summed E-state index contributed by atoms with van der Waals surface area (Å²) in [5.74, 6) is -1.07. The highest BCUT2D eigenvalue weighted by atomic mass is 31.2. The van der Waals surface area contributed by atoms with Crippen molar-refractivity contribution in [2.24, 2.45) is 0 Å². The Labute approximate surface area is 219 Å². The molecule has 0 heterocycles. The van der Waals surface area contributed by atoms with Gasteiger partial charge in [-0.25, -0.2) is 4.57 Å². The van der Waals surface area contributed by atoms with Gasteiger partial charge in [0.1, 0.15) is 6.61 Å². The zero-order valence-electron chi connectivity index (χ0n) is 22.9. The van der Waals surface area contributed by atoms with Crippen molar-refractivity contribution in [3.8, 4) is 0 Å². The maximum absolute atomic E-state index is 11.9. The fourth-order valence-electron chi connectivity index (χ4n) is 4.14. The second kappa shape index (κ2) is 24.4. The number of esters is 2. The van der Waals surface area contributed by atoms with E-state index in [2.05, 4.69) is 11.4 Å². The monoisotopic (exact) mass is 536 g/mol. The average Bonchev–Trinajstić information content (AvgIpc) is 2.81. The normalized spacial score (nSPS) is 12.4. The fraction of sp³-hybridized carbons (Fsp3) is 0.926. The first-order valence-electron chi connectivity index (χ1n) is 14.3. The van der Waals surface area contributed by atoms with Crippen molar-refractivity contribution in [1.29, 1.82) is 0 Å². The van der Waals surface area contributed by atoms with Gasteiger partial charge in [0, 0.05) is 13.3 Å². The molecule has 0 aromatic rings. The molecule has 36 heavy (non-hydrogen) atoms. The van der Waals surface area contributed by atoms with Crippen LogP contribution >= 0.6 is 7.82 Å². The van der Waals surface area contributed by atoms with Crippen LogP contribution in [-0.2, 0) is 28.2 Å². The third-order valence-corrected chi connectivity index (χ3v) is 6.66. The molecule has 0 aliphatic rings. The van der Waals surface area contributed by atoms with Crippen LogP contribution in [0.2, 0.25) is 0 Å². The van der Waals surface area contributed by atoms with Crippen molar-refractivity contribution in [2.75, 3.05) is 13.2 Å². The molecular weight excluding hydrogens is 483 g/mol. The quantitative estimate of drug-likeness (QED) is 0.0667. The average molecular weight is 537 g/mol. The topological polar surface area (TPSA) is 119 Å². The van der Waals surface area contributed by atoms with Crippen LogP contribution in [0.25, 0.3) is 0 Å². The summed E-state index contributed by atoms with van der Waals surface area (Å²) in [6.07, 6.45) is 23.7. The second-order valence-corrected chi connectivity index (χ2v) is 11.1. The Morgan fingerprint density at radius 2 is 1.06 bits per heavy atom. The van der Waals surface area contributed by atoms with E-state index in [0.29, 0.717) is 0 Å². The molecular formula is C27H53O8P. The number of hydrogen-bond acceptors (Lipinski definition) is 6. The van der Waals surface area contributed by atoms with Crippen molar-refractivity contribution < 1.29 is 37.9 Å². The standard InChI is InChI=1S/C27H53O8P/c1-3-4-5-6-7-8-9-10-11-12-13-14-15-16-17-18-19-20-21-22-27(29)33-23-26(35-25(2)28)24-34-36(30,31)32/h26H,3-24H2,1-2H3,(H2,30,31,32)/t26-/m1/s1. The summed E-state index contributed by atoms with van der Waals surface area (Å²) in [4.78, 5) is 40.4. The van der Waals surface area contributed by atoms with E-state index in [9.17, 15) is 14.2 Å². The van der Waals surface area contributed by atoms with Crippen molar-refractivity contribution >= 4 is 19.8 Å². The molecule has 0 aromatic heterocycles. The number of phosphoric acid groups is 1. The third-order valence-electron chi connectivity index (χ3n) is 6.18. The summed E-state index contributed by atoms with van der Waals surface area (Å²) < 4.78 is 25.0. The first-order valence-corrected chi connectivity index (χ1v) is 15.8. The van der Waals surface area contributed by atoms with E-state index in [1.807, 2.05) is 0 Å². The SMILES string of the molecule is CCCCCCCCCCCCCCCCCCCCCC(=O)OC[C@H](COP(=O)(O)O)OC(C)=O. The Bertz CT molecular complexity index is 578. The predicted octanol–water partition coefficient (Wildman–Crippen LogP) is 7.39. The van der Waals surface area contributed by atoms with Gasteiger partial charge in [-0.2, -0.15) is 0 Å². The van der Waals surface area contributed by atoms with Gasteiger partial charge in [-0.15, -0.1) is 0 Å². The Hall–Kier alpha value is -0.950. The minimum atomic E-state index is -4.69. The minimum absolute atomic E-state index is 0.269. The smallest absolute Gasteiger partial charge is 0.462 e. The molecule has 214 valence electrons. The van der Waals surface area contributed by atoms with Gasteiger partial charge in [-0.05, 0) is 6.42 Å². The van der Waals surface area contributed by atoms with Crippen molar-refractivity contribution in [3.63, 3.8) is 0 Å². The highest BCUT2D eigenvalue weighted by Crippen LogP contribution is 2.35. The molecule has 0 fully saturated rings. The maximum atomic E-state index is 11.9. The molecule has 0 saturated carbocycles. The lowest BCUT2D eigenvalue weighted by molar-refractivity contribution is -0.159. The first-order chi connectivity index (χ1) is 17.2. The highest BCUT2D eigenvalue weighted by molar-refractivity contribution is 7.46. The zero-order chi connectivity index (χ0) is 26.9. The molecule has 0 radical (unpaired) electrons. The number of unbranched alkanes of at least 4 members (excludes halogenated alkanes) is 18. The van der Waals surface area contributed by atoms with E-state index in [1.165, 1.54) is 103 Å². The van der Waals surface area contributed by atoms with Gasteiger partial charge in [0.05, 0.1) is 6.61 Å². The Morgan fingerprint density at radius 1 is 0.667 bits per heavy atom. The summed E-state index contributed by atoms with van der Waals surface area (Å²) in [6.45, 7) is 2.58. The van der Waals surface area contributed by atoms with Crippen molar-refractivity contribution in [2.45, 2.75) is 148 Å². The van der Waals surface area contributed by atoms with Crippen molar-refractivity contribution in [3.05, 3.63) is 0 Å². The van der Waals surface area contributed by atoms with E-state index in [0.717, 1.165) is 26.2 Å². The Kier molecular flexibility index (Phi) is 23.7. The van der Waals surface area contributed by atoms with Crippen LogP contribution in [-0.4, -0.2) is 41.0 Å². The molecule has 0 aromatic carbocycles. The molecule has 0 unspecified atom stereocenters. The molecule has 8 nitrogen and oxygen atoms in total. The van der Waals surface area contributed by atoms with Crippen LogP contribution in [0.3, 0.4) is 0 Å². The molecule has 2 N–H and O–H groups in total. The van der Waals surface area contributed by atoms with Gasteiger partial charge in [-0.3, -0.25) is 14.1 Å². The summed E-state index contributed by atoms with van der Waals surface area (Å²) in [5, 5.41) is 0. The first kappa shape index (κ1) is 35.0. The summed E-state index contributed by atoms with van der Waals surface area (Å²) in [7, 11) is -4.69. The zero-order valence-corrected chi connectivity index (χ0v) is 23.8. The number of ether oxygens (including phenoxy) is 2. The number of carbonyl (C=O) groups excluding carboxylic acids is 2. The summed E-state index contributed by atoms with van der Waals surface area (Å²) >= 11 is 0. The Morgan fingerprint density at radius 3 is 1.42 bits per heavy atom. The lowest BCUT2D eigenvalue weighted by Crippen LogP contribution is -2.28. The van der Waals surface area contributed by atoms with Crippen LogP contribution < -0.4 is 0 Å². The number of hydrogen-bond donors (Lipinski definition) is 2. The predicted molar refractivity (Wildman–Crippen MR) is 143 cm³/mol. The van der Waals surface area contributed by atoms with Gasteiger partial charge in [-0.1, -0.05) is 122 Å². The maximum Gasteiger partial charge on any atom is 0.469 e. The second-order valence-electron chi connectivity index (χ2n) is 9.81. The molecule has 0 saturated heterocycles. The fourth-order valence-corrected chi connectivity index (χ4v) is 4.50. The molecule has 0 aliphatic carbocycles. The van der Waals surface area contributed by atoms with E-state index in [4.69, 9.17) is 19.3 Å². The molecule has 0 bridgehead atoms. The van der Waals surface area contributed by atoms with Gasteiger partial charge in [0.15, 0.2) is 6.10 Å². The third kappa shape index (κ3) is 27.6. The molecule has 0 rings (SSSR count). The van der Waals surface area contributed by atoms with Crippen LogP contribution in [0.15, 0.2) is 0 Å². The number of rotatable bonds is 26. The van der Waals surface area contributed by atoms with Crippen LogP contribution in [0.1, 0.15) is 142 Å². The molecule has 9 heteroatoms. The molecule has 1 atom stereocenters. The summed E-state index contributed by atoms with van der Waals surface area (Å²) in [6, 6.07) is 0. The van der Waals surface area contributed by atoms with Crippen LogP contribution in [0.5, 0.6) is 0 Å². The number of phosphoric ester groups is 1. The summed E-state index contributed by atoms with van der Waals surface area (Å²) in [5.41, 5.74) is 0. The lowest BCUT2D eigenvalue weighted by atomic mass is 10.0. The van der Waals surface area contributed by atoms with E-state index in [1.54, 1.807) is 0 Å². The molecule has 0 aliphatic heterocycles. The van der Waals surface area contributed by atoms with E-state index < -0.39 is 32.5 Å². The van der Waals surface area contributed by atoms with Gasteiger partial charge < -0.3 is 19.3 Å². The van der Waals surface area contributed by atoms with Crippen LogP contribution in [0.4, 0.5) is 0 Å². The van der Waals surface area contributed by atoms with Crippen LogP contribution in [0, 0.1) is 0 Å². The molecule has 0 amide bonds. The highest BCUT2D eigenvalue weighted by Gasteiger charge is 2.21. The van der Waals surface area contributed by atoms with Gasteiger partial charge in [0.25, 0.3) is 0 Å². The van der Waals surface area contributed by atoms with E-state index in [-0.39, 0.29) is 13.0 Å².